The van der Waals surface area contributed by atoms with Gasteiger partial charge in [-0.3, -0.25) is 4.79 Å². The van der Waals surface area contributed by atoms with Crippen molar-refractivity contribution >= 4 is 11.9 Å². The molecule has 0 aliphatic carbocycles. The number of ketones is 1. The average Bonchev–Trinajstić information content (AvgIpc) is 3.21. The Morgan fingerprint density at radius 1 is 1.20 bits per heavy atom. The summed E-state index contributed by atoms with van der Waals surface area (Å²) in [6, 6.07) is 11.4. The molecule has 0 unspecified atom stereocenters. The van der Waals surface area contributed by atoms with Crippen molar-refractivity contribution in [3.05, 3.63) is 64.4 Å². The Labute approximate surface area is 147 Å². The summed E-state index contributed by atoms with van der Waals surface area (Å²) in [5.41, 5.74) is 3.03. The van der Waals surface area contributed by atoms with Gasteiger partial charge in [0.2, 0.25) is 5.78 Å². The van der Waals surface area contributed by atoms with Crippen molar-refractivity contribution in [2.75, 3.05) is 13.1 Å². The minimum Gasteiger partial charge on any atom is -0.507 e. The van der Waals surface area contributed by atoms with Gasteiger partial charge in [-0.15, -0.1) is 0 Å². The van der Waals surface area contributed by atoms with Crippen molar-refractivity contribution in [3.8, 4) is 11.5 Å². The Morgan fingerprint density at radius 2 is 1.92 bits per heavy atom. The molecule has 0 amide bonds. The molecule has 2 heterocycles. The molecule has 2 aromatic carbocycles. The van der Waals surface area contributed by atoms with Crippen molar-refractivity contribution in [3.63, 3.8) is 0 Å². The fourth-order valence-corrected chi connectivity index (χ4v) is 3.75. The minimum atomic E-state index is -0.103. The standard InChI is InChI=1S/C21H21NO3/c1-14-11-17(23)16(13-22-9-5-6-10-22)21-19(14)20(24)18(25-21)12-15-7-3-2-4-8-15/h2-4,7-8,11-12,23H,5-6,9-10,13H2,1H3/p+1/b18-12-. The number of Topliss-reactive ketones (excluding diaryl/α,β-unsaturated/α-hetero) is 1. The SMILES string of the molecule is Cc1cc(O)c(C[NH+]2CCCC2)c2c1C(=O)/C(=C/c1ccccc1)O2. The third-order valence-electron chi connectivity index (χ3n) is 5.06. The van der Waals surface area contributed by atoms with Crippen LogP contribution in [0.15, 0.2) is 42.2 Å². The molecule has 4 nitrogen and oxygen atoms in total. The molecule has 2 aliphatic heterocycles. The Hall–Kier alpha value is -2.59. The first-order valence-corrected chi connectivity index (χ1v) is 8.82. The number of nitrogens with one attached hydrogen (secondary N) is 1. The predicted molar refractivity (Wildman–Crippen MR) is 95.9 cm³/mol. The van der Waals surface area contributed by atoms with E-state index in [0.717, 1.165) is 29.8 Å². The number of allylic oxidation sites excluding steroid dienone is 1. The van der Waals surface area contributed by atoms with Gasteiger partial charge in [0.15, 0.2) is 11.5 Å². The maximum atomic E-state index is 12.8. The van der Waals surface area contributed by atoms with Crippen LogP contribution in [-0.4, -0.2) is 24.0 Å². The topological polar surface area (TPSA) is 51.0 Å². The van der Waals surface area contributed by atoms with Crippen molar-refractivity contribution in [1.82, 2.24) is 0 Å². The normalized spacial score (nSPS) is 18.6. The summed E-state index contributed by atoms with van der Waals surface area (Å²) in [7, 11) is 0. The molecule has 128 valence electrons. The molecule has 0 atom stereocenters. The summed E-state index contributed by atoms with van der Waals surface area (Å²) in [5.74, 6) is 0.995. The van der Waals surface area contributed by atoms with E-state index in [9.17, 15) is 9.90 Å². The number of fused-ring (bicyclic) bond motifs is 1. The predicted octanol–water partition coefficient (Wildman–Crippen LogP) is 2.50. The van der Waals surface area contributed by atoms with Crippen molar-refractivity contribution in [2.45, 2.75) is 26.3 Å². The minimum absolute atomic E-state index is 0.103. The highest BCUT2D eigenvalue weighted by molar-refractivity contribution is 6.15. The van der Waals surface area contributed by atoms with Crippen LogP contribution < -0.4 is 9.64 Å². The van der Waals surface area contributed by atoms with E-state index in [1.165, 1.54) is 17.7 Å². The Morgan fingerprint density at radius 3 is 2.64 bits per heavy atom. The van der Waals surface area contributed by atoms with Crippen molar-refractivity contribution in [1.29, 1.82) is 0 Å². The Kier molecular flexibility index (Phi) is 4.06. The lowest BCUT2D eigenvalue weighted by atomic mass is 9.99. The molecular formula is C21H22NO3+. The second-order valence-corrected chi connectivity index (χ2v) is 6.88. The molecule has 4 rings (SSSR count). The second-order valence-electron chi connectivity index (χ2n) is 6.88. The molecule has 0 radical (unpaired) electrons. The largest absolute Gasteiger partial charge is 0.507 e. The van der Waals surface area contributed by atoms with E-state index >= 15 is 0 Å². The zero-order valence-electron chi connectivity index (χ0n) is 14.3. The first kappa shape index (κ1) is 15.9. The maximum absolute atomic E-state index is 12.8. The number of aromatic hydroxyl groups is 1. The molecule has 0 saturated carbocycles. The van der Waals surface area contributed by atoms with Crippen LogP contribution in [0.25, 0.3) is 6.08 Å². The van der Waals surface area contributed by atoms with E-state index in [0.29, 0.717) is 23.6 Å². The summed E-state index contributed by atoms with van der Waals surface area (Å²) in [6.45, 7) is 4.74. The molecular weight excluding hydrogens is 314 g/mol. The lowest BCUT2D eigenvalue weighted by molar-refractivity contribution is -0.901. The molecule has 1 saturated heterocycles. The first-order valence-electron chi connectivity index (χ1n) is 8.82. The number of rotatable bonds is 3. The van der Waals surface area contributed by atoms with Gasteiger partial charge in [-0.2, -0.15) is 0 Å². The van der Waals surface area contributed by atoms with Gasteiger partial charge in [0, 0.05) is 12.8 Å². The quantitative estimate of drug-likeness (QED) is 0.847. The number of phenolic OH excluding ortho intramolecular Hbond substituents is 1. The van der Waals surface area contributed by atoms with Crippen LogP contribution >= 0.6 is 0 Å². The number of likely N-dealkylation sites (tertiary alicyclic amines) is 1. The summed E-state index contributed by atoms with van der Waals surface area (Å²) in [5, 5.41) is 10.5. The van der Waals surface area contributed by atoms with Crippen LogP contribution in [0.3, 0.4) is 0 Å². The van der Waals surface area contributed by atoms with Gasteiger partial charge in [0.05, 0.1) is 24.2 Å². The van der Waals surface area contributed by atoms with E-state index in [4.69, 9.17) is 4.74 Å². The number of hydrogen-bond acceptors (Lipinski definition) is 3. The van der Waals surface area contributed by atoms with Gasteiger partial charge in [-0.05, 0) is 30.2 Å². The van der Waals surface area contributed by atoms with E-state index < -0.39 is 0 Å². The first-order chi connectivity index (χ1) is 12.1. The zero-order chi connectivity index (χ0) is 17.4. The van der Waals surface area contributed by atoms with Crippen molar-refractivity contribution < 1.29 is 19.5 Å². The fourth-order valence-electron chi connectivity index (χ4n) is 3.75. The Bertz CT molecular complexity index is 849. The maximum Gasteiger partial charge on any atom is 0.232 e. The molecule has 0 spiro atoms. The number of benzene rings is 2. The Balaban J connectivity index is 1.73. The fraction of sp³-hybridized carbons (Fsp3) is 0.286. The number of hydrogen-bond donors (Lipinski definition) is 2. The number of ether oxygens (including phenoxy) is 1. The van der Waals surface area contributed by atoms with Gasteiger partial charge in [0.25, 0.3) is 0 Å². The van der Waals surface area contributed by atoms with Gasteiger partial charge < -0.3 is 14.7 Å². The van der Waals surface area contributed by atoms with E-state index in [1.54, 1.807) is 12.1 Å². The second kappa shape index (κ2) is 6.37. The molecule has 0 aromatic heterocycles. The van der Waals surface area contributed by atoms with Crippen LogP contribution in [0, 0.1) is 6.92 Å². The van der Waals surface area contributed by atoms with Crippen LogP contribution in [0.1, 0.15) is 39.9 Å². The number of aryl methyl sites for hydroxylation is 1. The van der Waals surface area contributed by atoms with E-state index in [-0.39, 0.29) is 11.5 Å². The third kappa shape index (κ3) is 2.94. The lowest BCUT2D eigenvalue weighted by Crippen LogP contribution is -3.08. The van der Waals surface area contributed by atoms with E-state index in [1.807, 2.05) is 37.3 Å². The highest BCUT2D eigenvalue weighted by Gasteiger charge is 2.34. The highest BCUT2D eigenvalue weighted by atomic mass is 16.5. The lowest BCUT2D eigenvalue weighted by Gasteiger charge is -2.16. The van der Waals surface area contributed by atoms with Gasteiger partial charge in [0.1, 0.15) is 12.3 Å². The summed E-state index contributed by atoms with van der Waals surface area (Å²) < 4.78 is 5.96. The van der Waals surface area contributed by atoms with Gasteiger partial charge >= 0.3 is 0 Å². The number of carbonyl (C=O) groups excluding carboxylic acids is 1. The summed E-state index contributed by atoms with van der Waals surface area (Å²) in [4.78, 5) is 14.3. The van der Waals surface area contributed by atoms with Crippen LogP contribution in [0.5, 0.6) is 11.5 Å². The molecule has 0 bridgehead atoms. The summed E-state index contributed by atoms with van der Waals surface area (Å²) >= 11 is 0. The zero-order valence-corrected chi connectivity index (χ0v) is 14.3. The van der Waals surface area contributed by atoms with Crippen LogP contribution in [-0.2, 0) is 6.54 Å². The summed E-state index contributed by atoms with van der Waals surface area (Å²) in [6.07, 6.45) is 4.19. The number of quaternary nitrogens is 1. The van der Waals surface area contributed by atoms with Crippen LogP contribution in [0.4, 0.5) is 0 Å². The molecule has 2 aromatic rings. The molecule has 4 heteroatoms. The molecule has 1 fully saturated rings. The van der Waals surface area contributed by atoms with Gasteiger partial charge in [-0.1, -0.05) is 30.3 Å². The van der Waals surface area contributed by atoms with Crippen LogP contribution in [0.2, 0.25) is 0 Å². The third-order valence-corrected chi connectivity index (χ3v) is 5.06. The molecule has 25 heavy (non-hydrogen) atoms. The average molecular weight is 336 g/mol. The highest BCUT2D eigenvalue weighted by Crippen LogP contribution is 2.41. The molecule has 2 N–H and O–H groups in total. The number of carbonyl (C=O) groups is 1. The number of phenols is 1. The monoisotopic (exact) mass is 336 g/mol. The van der Waals surface area contributed by atoms with E-state index in [2.05, 4.69) is 0 Å². The van der Waals surface area contributed by atoms with Crippen molar-refractivity contribution in [2.24, 2.45) is 0 Å². The molecule has 2 aliphatic rings. The smallest absolute Gasteiger partial charge is 0.232 e. The van der Waals surface area contributed by atoms with Gasteiger partial charge in [-0.25, -0.2) is 0 Å².